The highest BCUT2D eigenvalue weighted by Crippen LogP contribution is 2.24. The minimum absolute atomic E-state index is 0.0656. The molecule has 3 N–H and O–H groups in total. The summed E-state index contributed by atoms with van der Waals surface area (Å²) in [5, 5.41) is 0.781. The van der Waals surface area contributed by atoms with Crippen LogP contribution in [-0.4, -0.2) is 6.26 Å². The van der Waals surface area contributed by atoms with Crippen LogP contribution in [0.25, 0.3) is 0 Å². The quantitative estimate of drug-likeness (QED) is 0.500. The average molecular weight is 293 g/mol. The van der Waals surface area contributed by atoms with Crippen LogP contribution in [-0.2, 0) is 6.42 Å². The molecule has 0 saturated carbocycles. The third-order valence-electron chi connectivity index (χ3n) is 3.10. The summed E-state index contributed by atoms with van der Waals surface area (Å²) in [6, 6.07) is 16.4. The lowest BCUT2D eigenvalue weighted by molar-refractivity contribution is 0.552. The Kier molecular flexibility index (Phi) is 5.28. The number of hydrogen-bond acceptors (Lipinski definition) is 3. The maximum absolute atomic E-state index is 6.19. The summed E-state index contributed by atoms with van der Waals surface area (Å²) in [6.45, 7) is 0. The second kappa shape index (κ2) is 6.96. The molecule has 4 heteroatoms. The minimum atomic E-state index is 0.0656. The molecule has 2 rings (SSSR count). The predicted octanol–water partition coefficient (Wildman–Crippen LogP) is 3.81. The van der Waals surface area contributed by atoms with Crippen molar-refractivity contribution in [3.05, 3.63) is 64.7 Å². The molecule has 0 spiro atoms. The van der Waals surface area contributed by atoms with E-state index in [0.29, 0.717) is 0 Å². The van der Waals surface area contributed by atoms with E-state index in [1.807, 2.05) is 24.3 Å². The maximum Gasteiger partial charge on any atom is 0.0500 e. The standard InChI is InChI=1S/C15H17ClN2S/c1-19-13-8-6-11(7-9-13)15(18-17)10-12-4-2-3-5-14(12)16/h2-9,15,18H,10,17H2,1H3. The van der Waals surface area contributed by atoms with Gasteiger partial charge in [0.15, 0.2) is 0 Å². The Morgan fingerprint density at radius 1 is 1.16 bits per heavy atom. The van der Waals surface area contributed by atoms with Crippen LogP contribution in [0.5, 0.6) is 0 Å². The first-order valence-corrected chi connectivity index (χ1v) is 7.68. The lowest BCUT2D eigenvalue weighted by Crippen LogP contribution is -2.29. The van der Waals surface area contributed by atoms with E-state index in [1.54, 1.807) is 11.8 Å². The van der Waals surface area contributed by atoms with Crippen molar-refractivity contribution in [1.82, 2.24) is 5.43 Å². The van der Waals surface area contributed by atoms with Crippen LogP contribution >= 0.6 is 23.4 Å². The van der Waals surface area contributed by atoms with E-state index in [4.69, 9.17) is 17.4 Å². The van der Waals surface area contributed by atoms with Crippen LogP contribution in [0.1, 0.15) is 17.2 Å². The molecule has 2 aromatic rings. The summed E-state index contributed by atoms with van der Waals surface area (Å²) in [4.78, 5) is 1.25. The topological polar surface area (TPSA) is 38.0 Å². The summed E-state index contributed by atoms with van der Waals surface area (Å²) in [6.07, 6.45) is 2.84. The maximum atomic E-state index is 6.19. The predicted molar refractivity (Wildman–Crippen MR) is 83.4 cm³/mol. The molecule has 2 nitrogen and oxygen atoms in total. The number of thioether (sulfide) groups is 1. The number of nitrogens with two attached hydrogens (primary N) is 1. The van der Waals surface area contributed by atoms with Crippen LogP contribution in [0.4, 0.5) is 0 Å². The normalized spacial score (nSPS) is 12.4. The van der Waals surface area contributed by atoms with Gasteiger partial charge in [0.1, 0.15) is 0 Å². The van der Waals surface area contributed by atoms with Crippen molar-refractivity contribution in [3.8, 4) is 0 Å². The number of nitrogens with one attached hydrogen (secondary N) is 1. The average Bonchev–Trinajstić information content (AvgIpc) is 2.47. The highest BCUT2D eigenvalue weighted by atomic mass is 35.5. The summed E-state index contributed by atoms with van der Waals surface area (Å²) in [5.41, 5.74) is 5.13. The molecular formula is C15H17ClN2S. The molecule has 0 fully saturated rings. The highest BCUT2D eigenvalue weighted by Gasteiger charge is 2.12. The van der Waals surface area contributed by atoms with E-state index in [1.165, 1.54) is 10.5 Å². The van der Waals surface area contributed by atoms with Crippen molar-refractivity contribution >= 4 is 23.4 Å². The van der Waals surface area contributed by atoms with Crippen LogP contribution in [0.2, 0.25) is 5.02 Å². The molecule has 0 aliphatic heterocycles. The van der Waals surface area contributed by atoms with Gasteiger partial charge in [0, 0.05) is 9.92 Å². The zero-order chi connectivity index (χ0) is 13.7. The highest BCUT2D eigenvalue weighted by molar-refractivity contribution is 7.98. The second-order valence-electron chi connectivity index (χ2n) is 4.29. The van der Waals surface area contributed by atoms with Crippen molar-refractivity contribution in [2.45, 2.75) is 17.4 Å². The van der Waals surface area contributed by atoms with Gasteiger partial charge in [0.25, 0.3) is 0 Å². The third kappa shape index (κ3) is 3.74. The Morgan fingerprint density at radius 2 is 1.84 bits per heavy atom. The Morgan fingerprint density at radius 3 is 2.42 bits per heavy atom. The minimum Gasteiger partial charge on any atom is -0.271 e. The summed E-state index contributed by atoms with van der Waals surface area (Å²) < 4.78 is 0. The molecule has 19 heavy (non-hydrogen) atoms. The van der Waals surface area contributed by atoms with Gasteiger partial charge in [-0.1, -0.05) is 41.9 Å². The van der Waals surface area contributed by atoms with Crippen LogP contribution in [0.15, 0.2) is 53.4 Å². The van der Waals surface area contributed by atoms with Gasteiger partial charge in [-0.25, -0.2) is 0 Å². The molecule has 0 saturated heterocycles. The van der Waals surface area contributed by atoms with E-state index in [2.05, 4.69) is 35.9 Å². The SMILES string of the molecule is CSc1ccc(C(Cc2ccccc2Cl)NN)cc1. The molecule has 1 atom stereocenters. The van der Waals surface area contributed by atoms with Crippen molar-refractivity contribution in [1.29, 1.82) is 0 Å². The third-order valence-corrected chi connectivity index (χ3v) is 4.21. The smallest absolute Gasteiger partial charge is 0.0500 e. The fourth-order valence-corrected chi connectivity index (χ4v) is 2.61. The van der Waals surface area contributed by atoms with Crippen LogP contribution < -0.4 is 11.3 Å². The Labute approximate surface area is 123 Å². The van der Waals surface area contributed by atoms with Gasteiger partial charge in [0.05, 0.1) is 6.04 Å². The first kappa shape index (κ1) is 14.4. The molecule has 0 amide bonds. The summed E-state index contributed by atoms with van der Waals surface area (Å²) in [7, 11) is 0. The van der Waals surface area contributed by atoms with Crippen molar-refractivity contribution < 1.29 is 0 Å². The first-order chi connectivity index (χ1) is 9.24. The molecule has 0 bridgehead atoms. The van der Waals surface area contributed by atoms with Crippen LogP contribution in [0.3, 0.4) is 0 Å². The number of halogens is 1. The Balaban J connectivity index is 2.17. The van der Waals surface area contributed by atoms with Gasteiger partial charge in [0.2, 0.25) is 0 Å². The molecule has 0 heterocycles. The van der Waals surface area contributed by atoms with Gasteiger partial charge in [-0.2, -0.15) is 0 Å². The molecule has 1 unspecified atom stereocenters. The van der Waals surface area contributed by atoms with Crippen molar-refractivity contribution in [3.63, 3.8) is 0 Å². The van der Waals surface area contributed by atoms with Gasteiger partial charge in [-0.05, 0) is 42.0 Å². The van der Waals surface area contributed by atoms with Gasteiger partial charge in [-0.15, -0.1) is 11.8 Å². The molecular weight excluding hydrogens is 276 g/mol. The Bertz CT molecular complexity index is 528. The van der Waals surface area contributed by atoms with Gasteiger partial charge < -0.3 is 0 Å². The Hall–Kier alpha value is -1.00. The lowest BCUT2D eigenvalue weighted by atomic mass is 9.99. The molecule has 0 aliphatic carbocycles. The number of rotatable bonds is 5. The summed E-state index contributed by atoms with van der Waals surface area (Å²) in [5.74, 6) is 5.67. The van der Waals surface area contributed by atoms with Crippen molar-refractivity contribution in [2.75, 3.05) is 6.26 Å². The van der Waals surface area contributed by atoms with E-state index in [-0.39, 0.29) is 6.04 Å². The molecule has 100 valence electrons. The fraction of sp³-hybridized carbons (Fsp3) is 0.200. The molecule has 0 aliphatic rings. The fourth-order valence-electron chi connectivity index (χ4n) is 1.99. The number of benzene rings is 2. The molecule has 2 aromatic carbocycles. The summed E-state index contributed by atoms with van der Waals surface area (Å²) >= 11 is 7.92. The van der Waals surface area contributed by atoms with E-state index in [9.17, 15) is 0 Å². The largest absolute Gasteiger partial charge is 0.271 e. The van der Waals surface area contributed by atoms with E-state index >= 15 is 0 Å². The zero-order valence-corrected chi connectivity index (χ0v) is 12.3. The van der Waals surface area contributed by atoms with Gasteiger partial charge >= 0.3 is 0 Å². The number of hydrogen-bond donors (Lipinski definition) is 2. The zero-order valence-electron chi connectivity index (χ0n) is 10.8. The van der Waals surface area contributed by atoms with E-state index in [0.717, 1.165) is 17.0 Å². The van der Waals surface area contributed by atoms with Crippen LogP contribution in [0, 0.1) is 0 Å². The monoisotopic (exact) mass is 292 g/mol. The first-order valence-electron chi connectivity index (χ1n) is 6.08. The van der Waals surface area contributed by atoms with E-state index < -0.39 is 0 Å². The number of hydrazine groups is 1. The van der Waals surface area contributed by atoms with Gasteiger partial charge in [-0.3, -0.25) is 11.3 Å². The van der Waals surface area contributed by atoms with Crippen molar-refractivity contribution in [2.24, 2.45) is 5.84 Å². The second-order valence-corrected chi connectivity index (χ2v) is 5.57. The molecule has 0 aromatic heterocycles. The lowest BCUT2D eigenvalue weighted by Gasteiger charge is -2.17. The molecule has 0 radical (unpaired) electrons.